The van der Waals surface area contributed by atoms with E-state index in [0.717, 1.165) is 39.0 Å². The molecule has 108 valence electrons. The number of hydrogen-bond acceptors (Lipinski definition) is 4. The van der Waals surface area contributed by atoms with Gasteiger partial charge in [-0.15, -0.1) is 6.58 Å². The minimum Gasteiger partial charge on any atom is -0.392 e. The van der Waals surface area contributed by atoms with E-state index >= 15 is 0 Å². The molecule has 0 aliphatic heterocycles. The summed E-state index contributed by atoms with van der Waals surface area (Å²) in [6, 6.07) is 2.16. The lowest BCUT2D eigenvalue weighted by Gasteiger charge is -2.26. The summed E-state index contributed by atoms with van der Waals surface area (Å²) in [7, 11) is 4.16. The van der Waals surface area contributed by atoms with Crippen molar-refractivity contribution in [2.75, 3.05) is 33.7 Å². The van der Waals surface area contributed by atoms with Crippen LogP contribution in [0.4, 0.5) is 0 Å². The van der Waals surface area contributed by atoms with E-state index in [9.17, 15) is 5.11 Å². The Morgan fingerprint density at radius 3 is 2.79 bits per heavy atom. The standard InChI is InChI=1S/C15H26N2OS/c1-4-5-6-15(18)12-17(9-8-16(2)3)11-14-7-10-19-13-14/h4,7,10,13,15,18H,1,5-6,8-9,11-12H2,2-3H3. The van der Waals surface area contributed by atoms with Crippen LogP contribution in [0.2, 0.25) is 0 Å². The lowest BCUT2D eigenvalue weighted by Crippen LogP contribution is -2.36. The van der Waals surface area contributed by atoms with Gasteiger partial charge in [-0.25, -0.2) is 0 Å². The molecule has 0 fully saturated rings. The zero-order valence-electron chi connectivity index (χ0n) is 12.1. The minimum atomic E-state index is -0.265. The van der Waals surface area contributed by atoms with Crippen LogP contribution >= 0.6 is 11.3 Å². The molecule has 1 N–H and O–H groups in total. The van der Waals surface area contributed by atoms with Crippen LogP contribution in [0.15, 0.2) is 29.5 Å². The largest absolute Gasteiger partial charge is 0.392 e. The fourth-order valence-corrected chi connectivity index (χ4v) is 2.58. The van der Waals surface area contributed by atoms with Crippen LogP contribution in [-0.2, 0) is 6.54 Å². The Balaban J connectivity index is 2.45. The lowest BCUT2D eigenvalue weighted by atomic mass is 10.1. The molecule has 0 bridgehead atoms. The normalized spacial score (nSPS) is 13.1. The Hall–Kier alpha value is -0.680. The molecule has 1 atom stereocenters. The molecule has 4 heteroatoms. The number of nitrogens with zero attached hydrogens (tertiary/aromatic N) is 2. The smallest absolute Gasteiger partial charge is 0.0670 e. The maximum atomic E-state index is 10.0. The van der Waals surface area contributed by atoms with Gasteiger partial charge in [0.25, 0.3) is 0 Å². The average molecular weight is 282 g/mol. The molecule has 0 radical (unpaired) electrons. The Morgan fingerprint density at radius 1 is 1.42 bits per heavy atom. The van der Waals surface area contributed by atoms with E-state index < -0.39 is 0 Å². The van der Waals surface area contributed by atoms with E-state index in [2.05, 4.69) is 47.3 Å². The maximum Gasteiger partial charge on any atom is 0.0670 e. The fraction of sp³-hybridized carbons (Fsp3) is 0.600. The molecule has 0 aliphatic carbocycles. The second-order valence-corrected chi connectivity index (χ2v) is 5.97. The summed E-state index contributed by atoms with van der Waals surface area (Å²) in [6.45, 7) is 7.35. The molecule has 0 saturated heterocycles. The van der Waals surface area contributed by atoms with Crippen molar-refractivity contribution in [3.05, 3.63) is 35.0 Å². The lowest BCUT2D eigenvalue weighted by molar-refractivity contribution is 0.0981. The van der Waals surface area contributed by atoms with Crippen LogP contribution in [0.3, 0.4) is 0 Å². The van der Waals surface area contributed by atoms with Crippen LogP contribution in [0.1, 0.15) is 18.4 Å². The van der Waals surface area contributed by atoms with Gasteiger partial charge in [0, 0.05) is 26.2 Å². The summed E-state index contributed by atoms with van der Waals surface area (Å²) >= 11 is 1.73. The molecule has 0 spiro atoms. The molecule has 3 nitrogen and oxygen atoms in total. The first kappa shape index (κ1) is 16.4. The van der Waals surface area contributed by atoms with Gasteiger partial charge in [0.2, 0.25) is 0 Å². The molecule has 0 saturated carbocycles. The van der Waals surface area contributed by atoms with Gasteiger partial charge in [-0.3, -0.25) is 4.90 Å². The van der Waals surface area contributed by atoms with E-state index in [1.54, 1.807) is 11.3 Å². The molecular formula is C15H26N2OS. The number of aliphatic hydroxyl groups excluding tert-OH is 1. The molecule has 0 aliphatic rings. The Labute approximate surface area is 121 Å². The minimum absolute atomic E-state index is 0.265. The molecule has 1 heterocycles. The summed E-state index contributed by atoms with van der Waals surface area (Å²) in [6.07, 6.45) is 3.28. The molecule has 19 heavy (non-hydrogen) atoms. The van der Waals surface area contributed by atoms with Gasteiger partial charge < -0.3 is 10.0 Å². The predicted octanol–water partition coefficient (Wildman–Crippen LogP) is 2.44. The molecule has 1 aromatic rings. The van der Waals surface area contributed by atoms with Gasteiger partial charge >= 0.3 is 0 Å². The van der Waals surface area contributed by atoms with E-state index in [1.807, 2.05) is 6.08 Å². The Kier molecular flexibility index (Phi) is 7.98. The van der Waals surface area contributed by atoms with Crippen LogP contribution in [0.5, 0.6) is 0 Å². The van der Waals surface area contributed by atoms with Crippen molar-refractivity contribution in [1.29, 1.82) is 0 Å². The van der Waals surface area contributed by atoms with E-state index in [4.69, 9.17) is 0 Å². The van der Waals surface area contributed by atoms with E-state index in [-0.39, 0.29) is 6.10 Å². The third kappa shape index (κ3) is 7.47. The van der Waals surface area contributed by atoms with Crippen molar-refractivity contribution in [3.8, 4) is 0 Å². The van der Waals surface area contributed by atoms with Crippen LogP contribution in [0, 0.1) is 0 Å². The molecule has 1 unspecified atom stereocenters. The number of likely N-dealkylation sites (N-methyl/N-ethyl adjacent to an activating group) is 1. The quantitative estimate of drug-likeness (QED) is 0.668. The third-order valence-corrected chi connectivity index (χ3v) is 3.75. The number of hydrogen-bond donors (Lipinski definition) is 1. The molecule has 0 aromatic carbocycles. The first-order chi connectivity index (χ1) is 9.11. The summed E-state index contributed by atoms with van der Waals surface area (Å²) in [5.41, 5.74) is 1.33. The summed E-state index contributed by atoms with van der Waals surface area (Å²) in [5.74, 6) is 0. The second-order valence-electron chi connectivity index (χ2n) is 5.19. The highest BCUT2D eigenvalue weighted by Gasteiger charge is 2.12. The van der Waals surface area contributed by atoms with E-state index in [0.29, 0.717) is 0 Å². The van der Waals surface area contributed by atoms with Crippen LogP contribution in [-0.4, -0.2) is 54.7 Å². The van der Waals surface area contributed by atoms with Gasteiger partial charge in [-0.05, 0) is 49.3 Å². The Morgan fingerprint density at radius 2 is 2.21 bits per heavy atom. The second kappa shape index (κ2) is 9.26. The van der Waals surface area contributed by atoms with Crippen LogP contribution in [0.25, 0.3) is 0 Å². The maximum absolute atomic E-state index is 10.0. The molecule has 1 rings (SSSR count). The van der Waals surface area contributed by atoms with Crippen LogP contribution < -0.4 is 0 Å². The SMILES string of the molecule is C=CCCC(O)CN(CCN(C)C)Cc1ccsc1. The number of aliphatic hydroxyl groups is 1. The predicted molar refractivity (Wildman–Crippen MR) is 83.6 cm³/mol. The number of allylic oxidation sites excluding steroid dienone is 1. The van der Waals surface area contributed by atoms with Crippen molar-refractivity contribution in [1.82, 2.24) is 9.80 Å². The fourth-order valence-electron chi connectivity index (χ4n) is 1.92. The first-order valence-corrected chi connectivity index (χ1v) is 7.73. The van der Waals surface area contributed by atoms with Crippen molar-refractivity contribution in [2.45, 2.75) is 25.5 Å². The van der Waals surface area contributed by atoms with Crippen molar-refractivity contribution >= 4 is 11.3 Å². The highest BCUT2D eigenvalue weighted by molar-refractivity contribution is 7.07. The Bertz CT molecular complexity index is 338. The van der Waals surface area contributed by atoms with Gasteiger partial charge in [-0.1, -0.05) is 6.08 Å². The molecular weight excluding hydrogens is 256 g/mol. The monoisotopic (exact) mass is 282 g/mol. The number of thiophene rings is 1. The zero-order valence-corrected chi connectivity index (χ0v) is 12.9. The number of rotatable bonds is 10. The summed E-state index contributed by atoms with van der Waals surface area (Å²) in [4.78, 5) is 4.51. The third-order valence-electron chi connectivity index (χ3n) is 3.02. The highest BCUT2D eigenvalue weighted by Crippen LogP contribution is 2.11. The summed E-state index contributed by atoms with van der Waals surface area (Å²) in [5, 5.41) is 14.3. The van der Waals surface area contributed by atoms with Crippen molar-refractivity contribution < 1.29 is 5.11 Å². The zero-order chi connectivity index (χ0) is 14.1. The van der Waals surface area contributed by atoms with Gasteiger partial charge in [-0.2, -0.15) is 11.3 Å². The first-order valence-electron chi connectivity index (χ1n) is 6.79. The summed E-state index contributed by atoms with van der Waals surface area (Å²) < 4.78 is 0. The topological polar surface area (TPSA) is 26.7 Å². The highest BCUT2D eigenvalue weighted by atomic mass is 32.1. The molecule has 1 aromatic heterocycles. The van der Waals surface area contributed by atoms with Gasteiger partial charge in [0.05, 0.1) is 6.10 Å². The molecule has 0 amide bonds. The van der Waals surface area contributed by atoms with Gasteiger partial charge in [0.1, 0.15) is 0 Å². The van der Waals surface area contributed by atoms with Crippen molar-refractivity contribution in [2.24, 2.45) is 0 Å². The average Bonchev–Trinajstić information content (AvgIpc) is 2.86. The van der Waals surface area contributed by atoms with Gasteiger partial charge in [0.15, 0.2) is 0 Å². The van der Waals surface area contributed by atoms with Crippen molar-refractivity contribution in [3.63, 3.8) is 0 Å². The van der Waals surface area contributed by atoms with E-state index in [1.165, 1.54) is 5.56 Å².